The van der Waals surface area contributed by atoms with Crippen LogP contribution in [0.25, 0.3) is 0 Å². The van der Waals surface area contributed by atoms with Crippen molar-refractivity contribution in [3.05, 3.63) is 0 Å². The van der Waals surface area contributed by atoms with Gasteiger partial charge >= 0.3 is 0 Å². The van der Waals surface area contributed by atoms with Gasteiger partial charge in [-0.3, -0.25) is 4.90 Å². The van der Waals surface area contributed by atoms with Gasteiger partial charge in [0.2, 0.25) is 0 Å². The highest BCUT2D eigenvalue weighted by Gasteiger charge is 2.48. The second-order valence-electron chi connectivity index (χ2n) is 10.2. The molecule has 136 valence electrons. The largest absolute Gasteiger partial charge is 0.306 e. The lowest BCUT2D eigenvalue weighted by Crippen LogP contribution is -2.42. The highest BCUT2D eigenvalue weighted by molar-refractivity contribution is 5.01. The lowest BCUT2D eigenvalue weighted by atomic mass is 9.98. The molecule has 2 aliphatic carbocycles. The summed E-state index contributed by atoms with van der Waals surface area (Å²) < 4.78 is 0. The minimum absolute atomic E-state index is 0.932. The average molecular weight is 332 g/mol. The molecule has 0 amide bonds. The van der Waals surface area contributed by atoms with Crippen molar-refractivity contribution >= 4 is 0 Å². The van der Waals surface area contributed by atoms with E-state index in [-0.39, 0.29) is 0 Å². The highest BCUT2D eigenvalue weighted by Crippen LogP contribution is 2.46. The molecule has 0 aromatic heterocycles. The van der Waals surface area contributed by atoms with E-state index in [1.807, 2.05) is 0 Å². The molecule has 0 bridgehead atoms. The van der Waals surface area contributed by atoms with Gasteiger partial charge in [0, 0.05) is 44.8 Å². The topological polar surface area (TPSA) is 9.72 Å². The third kappa shape index (κ3) is 2.85. The first-order chi connectivity index (χ1) is 11.7. The molecule has 3 nitrogen and oxygen atoms in total. The predicted molar refractivity (Wildman–Crippen MR) is 99.0 cm³/mol. The zero-order chi connectivity index (χ0) is 16.3. The molecule has 3 heterocycles. The molecule has 24 heavy (non-hydrogen) atoms. The molecule has 5 aliphatic rings. The van der Waals surface area contributed by atoms with Crippen molar-refractivity contribution in [3.63, 3.8) is 0 Å². The van der Waals surface area contributed by atoms with Gasteiger partial charge in [-0.15, -0.1) is 0 Å². The third-order valence-electron chi connectivity index (χ3n) is 8.38. The molecule has 0 aromatic carbocycles. The summed E-state index contributed by atoms with van der Waals surface area (Å²) in [6.45, 7) is 10.8. The number of piperidine rings is 1. The smallest absolute Gasteiger partial charge is 0.0102 e. The number of hydrogen-bond acceptors (Lipinski definition) is 3. The van der Waals surface area contributed by atoms with Crippen molar-refractivity contribution in [2.45, 2.75) is 57.5 Å². The van der Waals surface area contributed by atoms with E-state index in [9.17, 15) is 0 Å². The van der Waals surface area contributed by atoms with E-state index in [2.05, 4.69) is 28.7 Å². The number of likely N-dealkylation sites (tertiary alicyclic amines) is 3. The maximum absolute atomic E-state index is 2.93. The summed E-state index contributed by atoms with van der Waals surface area (Å²) >= 11 is 0. The standard InChI is InChI=1S/C21H37N3/c1-15-4-3-5-23(10-15)20-8-18-13-24(14-19(18)9-20)21-6-16-11-22(2)12-17(16)7-21/h15-21H,3-14H2,1-2H3. The predicted octanol–water partition coefficient (Wildman–Crippen LogP) is 2.77. The van der Waals surface area contributed by atoms with Crippen LogP contribution in [0, 0.1) is 29.6 Å². The number of fused-ring (bicyclic) bond motifs is 2. The molecule has 0 N–H and O–H groups in total. The summed E-state index contributed by atoms with van der Waals surface area (Å²) in [6, 6.07) is 1.87. The number of rotatable bonds is 2. The maximum atomic E-state index is 2.93. The molecule has 0 aromatic rings. The average Bonchev–Trinajstić information content (AvgIpc) is 3.23. The second kappa shape index (κ2) is 6.25. The van der Waals surface area contributed by atoms with Crippen molar-refractivity contribution < 1.29 is 0 Å². The maximum Gasteiger partial charge on any atom is 0.0102 e. The van der Waals surface area contributed by atoms with Crippen molar-refractivity contribution in [2.24, 2.45) is 29.6 Å². The molecular formula is C21H37N3. The first-order valence-electron chi connectivity index (χ1n) is 10.8. The SMILES string of the molecule is CC1CCCN(C2CC3CN(C4CC5CN(C)CC5C4)CC3C2)C1. The lowest BCUT2D eigenvalue weighted by Gasteiger charge is -2.36. The zero-order valence-electron chi connectivity index (χ0n) is 15.9. The Kier molecular flexibility index (Phi) is 4.18. The van der Waals surface area contributed by atoms with Crippen LogP contribution in [0.4, 0.5) is 0 Å². The first kappa shape index (κ1) is 16.1. The van der Waals surface area contributed by atoms with Gasteiger partial charge in [-0.05, 0) is 81.7 Å². The van der Waals surface area contributed by atoms with E-state index in [0.717, 1.165) is 41.7 Å². The fourth-order valence-electron chi connectivity index (χ4n) is 7.26. The molecule has 5 rings (SSSR count). The monoisotopic (exact) mass is 331 g/mol. The Bertz CT molecular complexity index is 438. The Balaban J connectivity index is 1.15. The molecule has 5 atom stereocenters. The van der Waals surface area contributed by atoms with E-state index in [1.54, 1.807) is 0 Å². The Labute approximate surface area is 148 Å². The molecule has 3 aliphatic heterocycles. The van der Waals surface area contributed by atoms with E-state index < -0.39 is 0 Å². The Morgan fingerprint density at radius 1 is 0.667 bits per heavy atom. The van der Waals surface area contributed by atoms with Gasteiger partial charge in [0.15, 0.2) is 0 Å². The van der Waals surface area contributed by atoms with Crippen LogP contribution in [0.2, 0.25) is 0 Å². The molecule has 0 spiro atoms. The fourth-order valence-corrected chi connectivity index (χ4v) is 7.26. The first-order valence-corrected chi connectivity index (χ1v) is 10.8. The normalized spacial score (nSPS) is 50.5. The van der Waals surface area contributed by atoms with Crippen molar-refractivity contribution in [1.82, 2.24) is 14.7 Å². The van der Waals surface area contributed by atoms with Crippen LogP contribution < -0.4 is 0 Å². The van der Waals surface area contributed by atoms with Crippen LogP contribution >= 0.6 is 0 Å². The van der Waals surface area contributed by atoms with Gasteiger partial charge in [-0.2, -0.15) is 0 Å². The summed E-state index contributed by atoms with van der Waals surface area (Å²) in [5, 5.41) is 0. The van der Waals surface area contributed by atoms with E-state index in [1.165, 1.54) is 77.8 Å². The molecule has 3 heteroatoms. The summed E-state index contributed by atoms with van der Waals surface area (Å²) in [4.78, 5) is 8.36. The number of hydrogen-bond donors (Lipinski definition) is 0. The summed E-state index contributed by atoms with van der Waals surface area (Å²) in [5.41, 5.74) is 0. The van der Waals surface area contributed by atoms with Gasteiger partial charge in [-0.25, -0.2) is 0 Å². The zero-order valence-corrected chi connectivity index (χ0v) is 15.9. The molecule has 3 saturated heterocycles. The molecule has 0 radical (unpaired) electrons. The summed E-state index contributed by atoms with van der Waals surface area (Å²) in [7, 11) is 2.31. The van der Waals surface area contributed by atoms with Crippen LogP contribution in [0.3, 0.4) is 0 Å². The highest BCUT2D eigenvalue weighted by atomic mass is 15.2. The van der Waals surface area contributed by atoms with Crippen LogP contribution in [0.5, 0.6) is 0 Å². The summed E-state index contributed by atoms with van der Waals surface area (Å²) in [5.74, 6) is 5.02. The van der Waals surface area contributed by atoms with Crippen LogP contribution in [-0.4, -0.2) is 73.1 Å². The Morgan fingerprint density at radius 2 is 1.21 bits per heavy atom. The van der Waals surface area contributed by atoms with Crippen molar-refractivity contribution in [1.29, 1.82) is 0 Å². The van der Waals surface area contributed by atoms with Gasteiger partial charge < -0.3 is 9.80 Å². The van der Waals surface area contributed by atoms with Crippen molar-refractivity contribution in [3.8, 4) is 0 Å². The Morgan fingerprint density at radius 3 is 1.79 bits per heavy atom. The van der Waals surface area contributed by atoms with Gasteiger partial charge in [-0.1, -0.05) is 6.92 Å². The van der Waals surface area contributed by atoms with E-state index >= 15 is 0 Å². The molecular weight excluding hydrogens is 294 g/mol. The number of nitrogens with zero attached hydrogens (tertiary/aromatic N) is 3. The van der Waals surface area contributed by atoms with Crippen molar-refractivity contribution in [2.75, 3.05) is 46.3 Å². The van der Waals surface area contributed by atoms with Crippen LogP contribution in [-0.2, 0) is 0 Å². The second-order valence-corrected chi connectivity index (χ2v) is 10.2. The minimum Gasteiger partial charge on any atom is -0.306 e. The quantitative estimate of drug-likeness (QED) is 0.770. The molecule has 5 unspecified atom stereocenters. The lowest BCUT2D eigenvalue weighted by molar-refractivity contribution is 0.119. The van der Waals surface area contributed by atoms with E-state index in [0.29, 0.717) is 0 Å². The third-order valence-corrected chi connectivity index (χ3v) is 8.38. The molecule has 2 saturated carbocycles. The minimum atomic E-state index is 0.932. The summed E-state index contributed by atoms with van der Waals surface area (Å²) in [6.07, 6.45) is 8.93. The van der Waals surface area contributed by atoms with Crippen LogP contribution in [0.1, 0.15) is 45.4 Å². The van der Waals surface area contributed by atoms with Gasteiger partial charge in [0.1, 0.15) is 0 Å². The fraction of sp³-hybridized carbons (Fsp3) is 1.00. The Hall–Kier alpha value is -0.120. The van der Waals surface area contributed by atoms with Gasteiger partial charge in [0.25, 0.3) is 0 Å². The van der Waals surface area contributed by atoms with E-state index in [4.69, 9.17) is 0 Å². The molecule has 5 fully saturated rings. The van der Waals surface area contributed by atoms with Crippen LogP contribution in [0.15, 0.2) is 0 Å². The van der Waals surface area contributed by atoms with Gasteiger partial charge in [0.05, 0.1) is 0 Å².